The number of hydrogen-bond donors (Lipinski definition) is 0. The van der Waals surface area contributed by atoms with Crippen molar-refractivity contribution >= 4 is 28.3 Å². The molecular weight excluding hydrogens is 262 g/mol. The van der Waals surface area contributed by atoms with Gasteiger partial charge in [0.25, 0.3) is 0 Å². The minimum absolute atomic E-state index is 0.340. The molecule has 0 saturated carbocycles. The van der Waals surface area contributed by atoms with Gasteiger partial charge in [0.05, 0.1) is 12.2 Å². The summed E-state index contributed by atoms with van der Waals surface area (Å²) in [6, 6.07) is 7.74. The Hall–Kier alpha value is -2.14. The Morgan fingerprint density at radius 1 is 1.42 bits per heavy atom. The Bertz CT molecular complexity index is 729. The number of benzene rings is 1. The average molecular weight is 273 g/mol. The van der Waals surface area contributed by atoms with E-state index in [1.807, 2.05) is 24.3 Å². The zero-order valence-corrected chi connectivity index (χ0v) is 11.1. The maximum Gasteiger partial charge on any atom is 0.357 e. The second kappa shape index (κ2) is 4.85. The molecule has 0 spiro atoms. The van der Waals surface area contributed by atoms with Crippen LogP contribution in [0.4, 0.5) is 0 Å². The molecule has 0 aliphatic heterocycles. The first-order chi connectivity index (χ1) is 9.29. The number of furan rings is 1. The van der Waals surface area contributed by atoms with E-state index in [2.05, 4.69) is 4.98 Å². The van der Waals surface area contributed by atoms with Gasteiger partial charge in [0.1, 0.15) is 16.9 Å². The Labute approximate surface area is 113 Å². The molecule has 0 bridgehead atoms. The lowest BCUT2D eigenvalue weighted by Gasteiger charge is -1.96. The van der Waals surface area contributed by atoms with Gasteiger partial charge in [0.2, 0.25) is 0 Å². The van der Waals surface area contributed by atoms with Crippen LogP contribution in [0.3, 0.4) is 0 Å². The minimum Gasteiger partial charge on any atom is -0.464 e. The van der Waals surface area contributed by atoms with Crippen LogP contribution in [0.1, 0.15) is 17.4 Å². The Kier molecular flexibility index (Phi) is 3.05. The van der Waals surface area contributed by atoms with E-state index in [0.29, 0.717) is 12.3 Å². The van der Waals surface area contributed by atoms with Gasteiger partial charge >= 0.3 is 5.97 Å². The number of nitrogens with zero attached hydrogens (tertiary/aromatic N) is 1. The number of ether oxygens (including phenoxy) is 1. The van der Waals surface area contributed by atoms with Crippen LogP contribution >= 0.6 is 11.3 Å². The lowest BCUT2D eigenvalue weighted by molar-refractivity contribution is 0.0520. The number of thiazole rings is 1. The molecule has 0 aliphatic carbocycles. The SMILES string of the molecule is CCOC(=O)c1csc(-c2coc3ccccc23)n1. The van der Waals surface area contributed by atoms with Crippen LogP contribution in [0.5, 0.6) is 0 Å². The summed E-state index contributed by atoms with van der Waals surface area (Å²) in [5, 5.41) is 3.45. The van der Waals surface area contributed by atoms with E-state index in [4.69, 9.17) is 9.15 Å². The third-order valence-corrected chi connectivity index (χ3v) is 3.58. The minimum atomic E-state index is -0.391. The lowest BCUT2D eigenvalue weighted by Crippen LogP contribution is -2.04. The van der Waals surface area contributed by atoms with E-state index < -0.39 is 5.97 Å². The molecule has 19 heavy (non-hydrogen) atoms. The normalized spacial score (nSPS) is 10.8. The number of para-hydroxylation sites is 1. The van der Waals surface area contributed by atoms with E-state index in [-0.39, 0.29) is 0 Å². The molecule has 2 heterocycles. The van der Waals surface area contributed by atoms with Gasteiger partial charge in [-0.15, -0.1) is 11.3 Å². The van der Waals surface area contributed by atoms with Crippen molar-refractivity contribution in [1.82, 2.24) is 4.98 Å². The molecule has 0 amide bonds. The molecule has 0 aliphatic rings. The Balaban J connectivity index is 2.01. The number of carbonyl (C=O) groups is 1. The Morgan fingerprint density at radius 3 is 3.11 bits per heavy atom. The fourth-order valence-electron chi connectivity index (χ4n) is 1.84. The molecule has 96 valence electrons. The maximum atomic E-state index is 11.6. The van der Waals surface area contributed by atoms with Gasteiger partial charge in [-0.1, -0.05) is 18.2 Å². The monoisotopic (exact) mass is 273 g/mol. The third kappa shape index (κ3) is 2.13. The molecule has 2 aromatic heterocycles. The number of rotatable bonds is 3. The number of fused-ring (bicyclic) bond motifs is 1. The summed E-state index contributed by atoms with van der Waals surface area (Å²) >= 11 is 1.40. The first-order valence-corrected chi connectivity index (χ1v) is 6.77. The molecule has 0 saturated heterocycles. The van der Waals surface area contributed by atoms with Crippen molar-refractivity contribution in [3.05, 3.63) is 41.6 Å². The second-order valence-corrected chi connectivity index (χ2v) is 4.76. The van der Waals surface area contributed by atoms with Crippen LogP contribution in [-0.4, -0.2) is 17.6 Å². The third-order valence-electron chi connectivity index (χ3n) is 2.70. The fourth-order valence-corrected chi connectivity index (χ4v) is 2.65. The van der Waals surface area contributed by atoms with Crippen molar-refractivity contribution in [3.63, 3.8) is 0 Å². The number of aromatic nitrogens is 1. The maximum absolute atomic E-state index is 11.6. The summed E-state index contributed by atoms with van der Waals surface area (Å²) in [6.07, 6.45) is 1.67. The van der Waals surface area contributed by atoms with Crippen molar-refractivity contribution in [2.45, 2.75) is 6.92 Å². The topological polar surface area (TPSA) is 52.3 Å². The van der Waals surface area contributed by atoms with Crippen molar-refractivity contribution in [3.8, 4) is 10.6 Å². The van der Waals surface area contributed by atoms with Crippen molar-refractivity contribution < 1.29 is 13.9 Å². The van der Waals surface area contributed by atoms with Gasteiger partial charge in [-0.3, -0.25) is 0 Å². The predicted octanol–water partition coefficient (Wildman–Crippen LogP) is 3.73. The first kappa shape index (κ1) is 11.9. The molecule has 0 fully saturated rings. The molecular formula is C14H11NO3S. The summed E-state index contributed by atoms with van der Waals surface area (Å²) < 4.78 is 10.4. The van der Waals surface area contributed by atoms with E-state index in [0.717, 1.165) is 21.5 Å². The molecule has 5 heteroatoms. The zero-order chi connectivity index (χ0) is 13.2. The molecule has 3 aromatic rings. The van der Waals surface area contributed by atoms with Gasteiger partial charge in [-0.2, -0.15) is 0 Å². The van der Waals surface area contributed by atoms with Gasteiger partial charge in [0.15, 0.2) is 5.69 Å². The zero-order valence-electron chi connectivity index (χ0n) is 10.3. The van der Waals surface area contributed by atoms with Crippen molar-refractivity contribution in [1.29, 1.82) is 0 Å². The summed E-state index contributed by atoms with van der Waals surface area (Å²) in [6.45, 7) is 2.12. The van der Waals surface area contributed by atoms with Crippen LogP contribution in [0.2, 0.25) is 0 Å². The van der Waals surface area contributed by atoms with Crippen LogP contribution < -0.4 is 0 Å². The smallest absolute Gasteiger partial charge is 0.357 e. The quantitative estimate of drug-likeness (QED) is 0.682. The second-order valence-electron chi connectivity index (χ2n) is 3.90. The summed E-state index contributed by atoms with van der Waals surface area (Å²) in [4.78, 5) is 15.9. The van der Waals surface area contributed by atoms with Crippen LogP contribution in [0, 0.1) is 0 Å². The van der Waals surface area contributed by atoms with Crippen LogP contribution in [0.25, 0.3) is 21.5 Å². The lowest BCUT2D eigenvalue weighted by atomic mass is 10.2. The highest BCUT2D eigenvalue weighted by atomic mass is 32.1. The number of hydrogen-bond acceptors (Lipinski definition) is 5. The molecule has 0 radical (unpaired) electrons. The van der Waals surface area contributed by atoms with E-state index in [1.165, 1.54) is 11.3 Å². The molecule has 0 N–H and O–H groups in total. The predicted molar refractivity (Wildman–Crippen MR) is 73.3 cm³/mol. The molecule has 0 unspecified atom stereocenters. The molecule has 1 aromatic carbocycles. The number of carbonyl (C=O) groups excluding carboxylic acids is 1. The highest BCUT2D eigenvalue weighted by Crippen LogP contribution is 2.32. The highest BCUT2D eigenvalue weighted by Gasteiger charge is 2.15. The molecule has 4 nitrogen and oxygen atoms in total. The average Bonchev–Trinajstić information content (AvgIpc) is 3.05. The summed E-state index contributed by atoms with van der Waals surface area (Å²) in [7, 11) is 0. The fraction of sp³-hybridized carbons (Fsp3) is 0.143. The van der Waals surface area contributed by atoms with E-state index in [9.17, 15) is 4.79 Å². The standard InChI is InChI=1S/C14H11NO3S/c1-2-17-14(16)11-8-19-13(15-11)10-7-18-12-6-4-3-5-9(10)12/h3-8H,2H2,1H3. The number of esters is 1. The van der Waals surface area contributed by atoms with Crippen LogP contribution in [-0.2, 0) is 4.74 Å². The molecule has 0 atom stereocenters. The molecule has 3 rings (SSSR count). The van der Waals surface area contributed by atoms with Gasteiger partial charge < -0.3 is 9.15 Å². The van der Waals surface area contributed by atoms with Crippen molar-refractivity contribution in [2.75, 3.05) is 6.61 Å². The summed E-state index contributed by atoms with van der Waals surface area (Å²) in [5.74, 6) is -0.391. The highest BCUT2D eigenvalue weighted by molar-refractivity contribution is 7.13. The largest absolute Gasteiger partial charge is 0.464 e. The van der Waals surface area contributed by atoms with Gasteiger partial charge in [-0.25, -0.2) is 9.78 Å². The van der Waals surface area contributed by atoms with E-state index >= 15 is 0 Å². The van der Waals surface area contributed by atoms with Gasteiger partial charge in [0, 0.05) is 10.8 Å². The van der Waals surface area contributed by atoms with Crippen molar-refractivity contribution in [2.24, 2.45) is 0 Å². The summed E-state index contributed by atoms with van der Waals surface area (Å²) in [5.41, 5.74) is 2.05. The van der Waals surface area contributed by atoms with E-state index in [1.54, 1.807) is 18.6 Å². The van der Waals surface area contributed by atoms with Gasteiger partial charge in [-0.05, 0) is 13.0 Å². The Morgan fingerprint density at radius 2 is 2.26 bits per heavy atom. The first-order valence-electron chi connectivity index (χ1n) is 5.89. The van der Waals surface area contributed by atoms with Crippen LogP contribution in [0.15, 0.2) is 40.3 Å².